The summed E-state index contributed by atoms with van der Waals surface area (Å²) >= 11 is 0. The molecule has 0 bridgehead atoms. The van der Waals surface area contributed by atoms with Crippen LogP contribution >= 0.6 is 0 Å². The number of hydrogen-bond donors (Lipinski definition) is 1. The molecular weight excluding hydrogens is 454 g/mol. The number of benzene rings is 2. The number of ether oxygens (including phenoxy) is 2. The molecule has 7 heteroatoms. The van der Waals surface area contributed by atoms with Crippen LogP contribution < -0.4 is 14.8 Å². The fourth-order valence-electron chi connectivity index (χ4n) is 6.04. The summed E-state index contributed by atoms with van der Waals surface area (Å²) < 4.78 is 10.7. The van der Waals surface area contributed by atoms with E-state index in [9.17, 15) is 9.59 Å². The molecule has 0 aromatic heterocycles. The van der Waals surface area contributed by atoms with Gasteiger partial charge in [-0.1, -0.05) is 30.3 Å². The van der Waals surface area contributed by atoms with Gasteiger partial charge in [0.15, 0.2) is 0 Å². The van der Waals surface area contributed by atoms with Crippen molar-refractivity contribution < 1.29 is 19.1 Å². The van der Waals surface area contributed by atoms with Crippen molar-refractivity contribution in [2.24, 2.45) is 17.8 Å². The molecule has 3 amide bonds. The van der Waals surface area contributed by atoms with Crippen LogP contribution in [0, 0.1) is 17.8 Å². The van der Waals surface area contributed by atoms with Gasteiger partial charge in [0.2, 0.25) is 5.91 Å². The van der Waals surface area contributed by atoms with E-state index < -0.39 is 0 Å². The van der Waals surface area contributed by atoms with Gasteiger partial charge in [0.1, 0.15) is 11.5 Å². The predicted molar refractivity (Wildman–Crippen MR) is 139 cm³/mol. The van der Waals surface area contributed by atoms with Crippen LogP contribution in [0.2, 0.25) is 0 Å². The molecule has 5 rings (SSSR count). The van der Waals surface area contributed by atoms with E-state index in [0.29, 0.717) is 40.8 Å². The van der Waals surface area contributed by atoms with E-state index in [1.807, 2.05) is 17.0 Å². The van der Waals surface area contributed by atoms with Crippen molar-refractivity contribution in [1.82, 2.24) is 9.80 Å². The number of nitrogens with zero attached hydrogens (tertiary/aromatic N) is 2. The van der Waals surface area contributed by atoms with Crippen molar-refractivity contribution in [3.05, 3.63) is 54.1 Å². The highest BCUT2D eigenvalue weighted by Gasteiger charge is 2.46. The van der Waals surface area contributed by atoms with E-state index in [4.69, 9.17) is 9.47 Å². The highest BCUT2D eigenvalue weighted by Crippen LogP contribution is 2.49. The molecular formula is C29H37N3O4. The molecule has 2 unspecified atom stereocenters. The molecule has 3 aliphatic rings. The topological polar surface area (TPSA) is 71.1 Å². The van der Waals surface area contributed by atoms with Gasteiger partial charge in [0, 0.05) is 38.2 Å². The number of nitrogens with one attached hydrogen (secondary N) is 1. The van der Waals surface area contributed by atoms with Gasteiger partial charge in [-0.25, -0.2) is 4.79 Å². The first-order valence-electron chi connectivity index (χ1n) is 13.2. The standard InChI is InChI=1S/C29H37N3O4/c1-35-23-8-9-27(36-2)26(18-23)30-29(34)32-16-12-21(13-17-32)20-10-14-31(15-11-20)28(33)25-19-24(25)22-6-4-3-5-7-22/h3-9,18,20-21,24-25H,10-17,19H2,1-2H3,(H,30,34). The second-order valence-corrected chi connectivity index (χ2v) is 10.3. The molecule has 7 nitrogen and oxygen atoms in total. The Balaban J connectivity index is 1.07. The van der Waals surface area contributed by atoms with E-state index >= 15 is 0 Å². The van der Waals surface area contributed by atoms with Crippen molar-refractivity contribution in [3.63, 3.8) is 0 Å². The molecule has 2 aromatic rings. The molecule has 2 heterocycles. The lowest BCUT2D eigenvalue weighted by atomic mass is 9.79. The molecule has 36 heavy (non-hydrogen) atoms. The summed E-state index contributed by atoms with van der Waals surface area (Å²) in [5.41, 5.74) is 1.91. The SMILES string of the molecule is COc1ccc(OC)c(NC(=O)N2CCC(C3CCN(C(=O)C4CC4c4ccccc4)CC3)CC2)c1. The van der Waals surface area contributed by atoms with Gasteiger partial charge in [-0.3, -0.25) is 4.79 Å². The van der Waals surface area contributed by atoms with Gasteiger partial charge in [0.05, 0.1) is 19.9 Å². The highest BCUT2D eigenvalue weighted by atomic mass is 16.5. The van der Waals surface area contributed by atoms with Crippen LogP contribution in [-0.4, -0.2) is 62.1 Å². The number of methoxy groups -OCH3 is 2. The summed E-state index contributed by atoms with van der Waals surface area (Å²) in [6.45, 7) is 3.25. The first-order chi connectivity index (χ1) is 17.6. The van der Waals surface area contributed by atoms with Crippen molar-refractivity contribution in [2.45, 2.75) is 38.0 Å². The zero-order valence-corrected chi connectivity index (χ0v) is 21.3. The Morgan fingerprint density at radius 3 is 2.08 bits per heavy atom. The van der Waals surface area contributed by atoms with Crippen LogP contribution in [0.1, 0.15) is 43.6 Å². The number of carbonyl (C=O) groups excluding carboxylic acids is 2. The Labute approximate surface area is 213 Å². The van der Waals surface area contributed by atoms with Crippen molar-refractivity contribution in [2.75, 3.05) is 45.7 Å². The van der Waals surface area contributed by atoms with Crippen LogP contribution in [0.3, 0.4) is 0 Å². The zero-order valence-electron chi connectivity index (χ0n) is 21.3. The number of piperidine rings is 2. The van der Waals surface area contributed by atoms with E-state index in [0.717, 1.165) is 58.3 Å². The monoisotopic (exact) mass is 491 g/mol. The normalized spacial score (nSPS) is 22.7. The third kappa shape index (κ3) is 5.30. The van der Waals surface area contributed by atoms with Crippen LogP contribution in [0.4, 0.5) is 10.5 Å². The number of urea groups is 1. The van der Waals surface area contributed by atoms with E-state index in [-0.39, 0.29) is 11.9 Å². The van der Waals surface area contributed by atoms with Crippen molar-refractivity contribution in [1.29, 1.82) is 0 Å². The van der Waals surface area contributed by atoms with E-state index in [2.05, 4.69) is 34.5 Å². The number of hydrogen-bond acceptors (Lipinski definition) is 4. The molecule has 0 spiro atoms. The van der Waals surface area contributed by atoms with Gasteiger partial charge in [0.25, 0.3) is 0 Å². The summed E-state index contributed by atoms with van der Waals surface area (Å²) in [5, 5.41) is 2.99. The Bertz CT molecular complexity index is 1060. The van der Waals surface area contributed by atoms with Gasteiger partial charge in [-0.2, -0.15) is 0 Å². The maximum Gasteiger partial charge on any atom is 0.321 e. The lowest BCUT2D eigenvalue weighted by molar-refractivity contribution is -0.134. The van der Waals surface area contributed by atoms with Crippen LogP contribution in [0.15, 0.2) is 48.5 Å². The fourth-order valence-corrected chi connectivity index (χ4v) is 6.04. The minimum atomic E-state index is -0.0992. The lowest BCUT2D eigenvalue weighted by Gasteiger charge is -2.40. The number of carbonyl (C=O) groups is 2. The highest BCUT2D eigenvalue weighted by molar-refractivity contribution is 5.91. The molecule has 2 aliphatic heterocycles. The smallest absolute Gasteiger partial charge is 0.321 e. The lowest BCUT2D eigenvalue weighted by Crippen LogP contribution is -2.45. The van der Waals surface area contributed by atoms with Crippen molar-refractivity contribution in [3.8, 4) is 11.5 Å². The van der Waals surface area contributed by atoms with Gasteiger partial charge < -0.3 is 24.6 Å². The molecule has 1 saturated carbocycles. The first kappa shape index (κ1) is 24.5. The fraction of sp³-hybridized carbons (Fsp3) is 0.517. The average molecular weight is 492 g/mol. The Hall–Kier alpha value is -3.22. The third-order valence-electron chi connectivity index (χ3n) is 8.33. The Morgan fingerprint density at radius 2 is 1.47 bits per heavy atom. The minimum absolute atomic E-state index is 0.0992. The van der Waals surface area contributed by atoms with Crippen LogP contribution in [0.25, 0.3) is 0 Å². The number of rotatable bonds is 6. The minimum Gasteiger partial charge on any atom is -0.497 e. The first-order valence-corrected chi connectivity index (χ1v) is 13.2. The maximum absolute atomic E-state index is 13.0. The Kier molecular flexibility index (Phi) is 7.35. The van der Waals surface area contributed by atoms with Gasteiger partial charge >= 0.3 is 6.03 Å². The second-order valence-electron chi connectivity index (χ2n) is 10.3. The van der Waals surface area contributed by atoms with Gasteiger partial charge in [-0.15, -0.1) is 0 Å². The predicted octanol–water partition coefficient (Wildman–Crippen LogP) is 4.99. The molecule has 1 aliphatic carbocycles. The molecule has 2 saturated heterocycles. The summed E-state index contributed by atoms with van der Waals surface area (Å²) in [4.78, 5) is 29.9. The van der Waals surface area contributed by atoms with Crippen LogP contribution in [0.5, 0.6) is 11.5 Å². The number of anilines is 1. The molecule has 2 atom stereocenters. The molecule has 1 N–H and O–H groups in total. The summed E-state index contributed by atoms with van der Waals surface area (Å²) in [6.07, 6.45) is 5.17. The van der Waals surface area contributed by atoms with E-state index in [1.54, 1.807) is 26.4 Å². The molecule has 0 radical (unpaired) electrons. The number of likely N-dealkylation sites (tertiary alicyclic amines) is 2. The van der Waals surface area contributed by atoms with E-state index in [1.165, 1.54) is 5.56 Å². The average Bonchev–Trinajstić information content (AvgIpc) is 3.74. The summed E-state index contributed by atoms with van der Waals surface area (Å²) in [6, 6.07) is 15.7. The summed E-state index contributed by atoms with van der Waals surface area (Å²) in [7, 11) is 3.19. The van der Waals surface area contributed by atoms with Crippen LogP contribution in [-0.2, 0) is 4.79 Å². The quantitative estimate of drug-likeness (QED) is 0.618. The second kappa shape index (κ2) is 10.8. The Morgan fingerprint density at radius 1 is 0.833 bits per heavy atom. The van der Waals surface area contributed by atoms with Gasteiger partial charge in [-0.05, 0) is 67.6 Å². The number of amides is 3. The molecule has 192 valence electrons. The summed E-state index contributed by atoms with van der Waals surface area (Å²) in [5.74, 6) is 3.48. The largest absolute Gasteiger partial charge is 0.497 e. The zero-order chi connectivity index (χ0) is 25.1. The molecule has 3 fully saturated rings. The van der Waals surface area contributed by atoms with Crippen molar-refractivity contribution >= 4 is 17.6 Å². The third-order valence-corrected chi connectivity index (χ3v) is 8.33. The molecule has 2 aromatic carbocycles. The maximum atomic E-state index is 13.0.